The zero-order valence-electron chi connectivity index (χ0n) is 14.4. The Morgan fingerprint density at radius 2 is 1.92 bits per heavy atom. The predicted octanol–water partition coefficient (Wildman–Crippen LogP) is 2.96. The number of hydrogen-bond acceptors (Lipinski definition) is 4. The molecule has 1 unspecified atom stereocenters. The van der Waals surface area contributed by atoms with Crippen molar-refractivity contribution in [2.75, 3.05) is 13.2 Å². The van der Waals surface area contributed by atoms with E-state index >= 15 is 0 Å². The predicted molar refractivity (Wildman–Crippen MR) is 98.2 cm³/mol. The Kier molecular flexibility index (Phi) is 5.74. The number of nitrogens with one attached hydrogen (secondary N) is 1. The fourth-order valence-electron chi connectivity index (χ4n) is 3.95. The summed E-state index contributed by atoms with van der Waals surface area (Å²) >= 11 is 0. The molecule has 1 amide bonds. The Morgan fingerprint density at radius 1 is 1.16 bits per heavy atom. The molecule has 138 valence electrons. The molecule has 1 heterocycles. The van der Waals surface area contributed by atoms with E-state index < -0.39 is 0 Å². The first-order valence-corrected chi connectivity index (χ1v) is 9.15. The number of carbonyl (C=O) groups is 1. The number of halogens is 1. The van der Waals surface area contributed by atoms with Gasteiger partial charge in [0.25, 0.3) is 0 Å². The van der Waals surface area contributed by atoms with Gasteiger partial charge >= 0.3 is 0 Å². The minimum atomic E-state index is 0. The largest absolute Gasteiger partial charge is 0.486 e. The van der Waals surface area contributed by atoms with Crippen LogP contribution in [0.2, 0.25) is 0 Å². The Balaban J connectivity index is 0.00000182. The Hall–Kier alpha value is -1.46. The lowest BCUT2D eigenvalue weighted by Crippen LogP contribution is -2.34. The van der Waals surface area contributed by atoms with E-state index in [1.165, 1.54) is 12.8 Å². The maximum Gasteiger partial charge on any atom is 0.220 e. The van der Waals surface area contributed by atoms with Crippen LogP contribution >= 0.6 is 12.4 Å². The van der Waals surface area contributed by atoms with Gasteiger partial charge in [0.05, 0.1) is 6.04 Å². The zero-order chi connectivity index (χ0) is 16.5. The smallest absolute Gasteiger partial charge is 0.220 e. The summed E-state index contributed by atoms with van der Waals surface area (Å²) in [6.45, 7) is 1.17. The van der Waals surface area contributed by atoms with Crippen LogP contribution in [0.15, 0.2) is 18.2 Å². The van der Waals surface area contributed by atoms with Crippen LogP contribution in [0.5, 0.6) is 11.5 Å². The van der Waals surface area contributed by atoms with Crippen molar-refractivity contribution < 1.29 is 14.3 Å². The van der Waals surface area contributed by atoms with E-state index in [0.29, 0.717) is 31.5 Å². The summed E-state index contributed by atoms with van der Waals surface area (Å²) in [5, 5.41) is 3.26. The number of rotatable bonds is 5. The minimum Gasteiger partial charge on any atom is -0.486 e. The van der Waals surface area contributed by atoms with Crippen LogP contribution in [-0.4, -0.2) is 25.2 Å². The van der Waals surface area contributed by atoms with Gasteiger partial charge in [-0.15, -0.1) is 12.4 Å². The summed E-state index contributed by atoms with van der Waals surface area (Å²) in [6, 6.07) is 6.30. The van der Waals surface area contributed by atoms with E-state index in [4.69, 9.17) is 15.2 Å². The van der Waals surface area contributed by atoms with Crippen molar-refractivity contribution in [2.24, 2.45) is 17.6 Å². The summed E-state index contributed by atoms with van der Waals surface area (Å²) in [5.74, 6) is 2.59. The topological polar surface area (TPSA) is 73.6 Å². The highest BCUT2D eigenvalue weighted by molar-refractivity contribution is 5.85. The van der Waals surface area contributed by atoms with Crippen LogP contribution in [0.4, 0.5) is 0 Å². The van der Waals surface area contributed by atoms with Crippen molar-refractivity contribution in [3.05, 3.63) is 23.8 Å². The van der Waals surface area contributed by atoms with Crippen LogP contribution in [0.25, 0.3) is 0 Å². The minimum absolute atomic E-state index is 0. The van der Waals surface area contributed by atoms with E-state index in [1.54, 1.807) is 0 Å². The highest BCUT2D eigenvalue weighted by Crippen LogP contribution is 2.43. The molecule has 4 rings (SSSR count). The number of nitrogens with two attached hydrogens (primary N) is 1. The number of hydrogen-bond donors (Lipinski definition) is 2. The lowest BCUT2D eigenvalue weighted by Gasteiger charge is -2.24. The van der Waals surface area contributed by atoms with Crippen LogP contribution in [0.3, 0.4) is 0 Å². The third kappa shape index (κ3) is 4.21. The molecule has 5 nitrogen and oxygen atoms in total. The maximum absolute atomic E-state index is 12.5. The first-order chi connectivity index (χ1) is 11.7. The fourth-order valence-corrected chi connectivity index (χ4v) is 3.95. The standard InChI is InChI=1S/C19H26N2O3.ClH/c20-15-3-1-2-13(15)11-18(22)21-19(12-4-5-12)14-6-7-16-17(10-14)24-9-8-23-16;/h6-7,10,12-13,15,19H,1-5,8-9,11,20H2,(H,21,22);1H/t13-,15+,19?;/m0./s1. The van der Waals surface area contributed by atoms with E-state index in [-0.39, 0.29) is 30.4 Å². The van der Waals surface area contributed by atoms with Gasteiger partial charge in [0.2, 0.25) is 5.91 Å². The van der Waals surface area contributed by atoms with E-state index in [0.717, 1.165) is 36.3 Å². The molecule has 2 aliphatic carbocycles. The molecular formula is C19H27ClN2O3. The molecule has 25 heavy (non-hydrogen) atoms. The van der Waals surface area contributed by atoms with Crippen molar-refractivity contribution in [1.29, 1.82) is 0 Å². The van der Waals surface area contributed by atoms with Gasteiger partial charge < -0.3 is 20.5 Å². The van der Waals surface area contributed by atoms with Crippen molar-refractivity contribution >= 4 is 18.3 Å². The molecule has 0 saturated heterocycles. The normalized spacial score (nSPS) is 25.8. The van der Waals surface area contributed by atoms with E-state index in [1.807, 2.05) is 12.1 Å². The molecule has 1 aromatic rings. The van der Waals surface area contributed by atoms with E-state index in [9.17, 15) is 4.79 Å². The van der Waals surface area contributed by atoms with Crippen molar-refractivity contribution in [3.63, 3.8) is 0 Å². The zero-order valence-corrected chi connectivity index (χ0v) is 15.2. The molecule has 3 atom stereocenters. The SMILES string of the molecule is Cl.N[C@@H]1CCC[C@H]1CC(=O)NC(c1ccc2c(c1)OCCO2)C1CC1. The second kappa shape index (κ2) is 7.83. The van der Waals surface area contributed by atoms with Gasteiger partial charge in [0.1, 0.15) is 13.2 Å². The molecule has 3 N–H and O–H groups in total. The van der Waals surface area contributed by atoms with Gasteiger partial charge in [-0.05, 0) is 55.2 Å². The molecule has 2 fully saturated rings. The van der Waals surface area contributed by atoms with Crippen molar-refractivity contribution in [2.45, 2.75) is 50.6 Å². The lowest BCUT2D eigenvalue weighted by molar-refractivity contribution is -0.123. The molecule has 0 bridgehead atoms. The number of benzene rings is 1. The number of carbonyl (C=O) groups excluding carboxylic acids is 1. The lowest BCUT2D eigenvalue weighted by atomic mass is 9.97. The Bertz CT molecular complexity index is 621. The molecule has 2 saturated carbocycles. The maximum atomic E-state index is 12.5. The van der Waals surface area contributed by atoms with Crippen molar-refractivity contribution in [1.82, 2.24) is 5.32 Å². The Labute approximate surface area is 155 Å². The molecule has 3 aliphatic rings. The summed E-state index contributed by atoms with van der Waals surface area (Å²) in [4.78, 5) is 12.5. The van der Waals surface area contributed by atoms with Gasteiger partial charge in [-0.3, -0.25) is 4.79 Å². The van der Waals surface area contributed by atoms with Crippen LogP contribution < -0.4 is 20.5 Å². The molecule has 0 radical (unpaired) electrons. The van der Waals surface area contributed by atoms with Gasteiger partial charge in [0.15, 0.2) is 11.5 Å². The monoisotopic (exact) mass is 366 g/mol. The highest BCUT2D eigenvalue weighted by atomic mass is 35.5. The first-order valence-electron chi connectivity index (χ1n) is 9.15. The quantitative estimate of drug-likeness (QED) is 0.840. The van der Waals surface area contributed by atoms with Gasteiger partial charge in [-0.1, -0.05) is 12.5 Å². The van der Waals surface area contributed by atoms with E-state index in [2.05, 4.69) is 11.4 Å². The summed E-state index contributed by atoms with van der Waals surface area (Å²) < 4.78 is 11.3. The molecule has 0 aromatic heterocycles. The molecule has 6 heteroatoms. The average Bonchev–Trinajstić information content (AvgIpc) is 3.36. The van der Waals surface area contributed by atoms with Gasteiger partial charge in [-0.2, -0.15) is 0 Å². The van der Waals surface area contributed by atoms with Gasteiger partial charge in [-0.25, -0.2) is 0 Å². The Morgan fingerprint density at radius 3 is 2.60 bits per heavy atom. The summed E-state index contributed by atoms with van der Waals surface area (Å²) in [6.07, 6.45) is 6.16. The summed E-state index contributed by atoms with van der Waals surface area (Å²) in [7, 11) is 0. The second-order valence-corrected chi connectivity index (χ2v) is 7.34. The van der Waals surface area contributed by atoms with Gasteiger partial charge in [0, 0.05) is 12.5 Å². The second-order valence-electron chi connectivity index (χ2n) is 7.34. The molecule has 1 aromatic carbocycles. The van der Waals surface area contributed by atoms with Crippen molar-refractivity contribution in [3.8, 4) is 11.5 Å². The third-order valence-corrected chi connectivity index (χ3v) is 5.50. The van der Waals surface area contributed by atoms with Crippen LogP contribution in [0.1, 0.15) is 50.1 Å². The molecular weight excluding hydrogens is 340 g/mol. The highest BCUT2D eigenvalue weighted by Gasteiger charge is 2.35. The first kappa shape index (κ1) is 18.3. The number of fused-ring (bicyclic) bond motifs is 1. The molecule has 0 spiro atoms. The number of ether oxygens (including phenoxy) is 2. The molecule has 1 aliphatic heterocycles. The third-order valence-electron chi connectivity index (χ3n) is 5.50. The number of amides is 1. The fraction of sp³-hybridized carbons (Fsp3) is 0.632. The van der Waals surface area contributed by atoms with Crippen LogP contribution in [0, 0.1) is 11.8 Å². The average molecular weight is 367 g/mol. The van der Waals surface area contributed by atoms with Crippen LogP contribution in [-0.2, 0) is 4.79 Å². The summed E-state index contributed by atoms with van der Waals surface area (Å²) in [5.41, 5.74) is 7.22.